The van der Waals surface area contributed by atoms with Gasteiger partial charge in [0.2, 0.25) is 0 Å². The van der Waals surface area contributed by atoms with Crippen LogP contribution in [0, 0.1) is 13.8 Å². The summed E-state index contributed by atoms with van der Waals surface area (Å²) in [5.41, 5.74) is 3.09. The molecule has 0 spiro atoms. The summed E-state index contributed by atoms with van der Waals surface area (Å²) < 4.78 is 21.4. The van der Waals surface area contributed by atoms with Crippen LogP contribution in [0.15, 0.2) is 26.4 Å². The lowest BCUT2D eigenvalue weighted by Gasteiger charge is -2.23. The summed E-state index contributed by atoms with van der Waals surface area (Å²) in [6, 6.07) is 3.66. The monoisotopic (exact) mass is 381 g/mol. The molecule has 1 aromatic carbocycles. The highest BCUT2D eigenvalue weighted by atomic mass is 32.2. The van der Waals surface area contributed by atoms with Gasteiger partial charge in [0.15, 0.2) is 10.5 Å². The van der Waals surface area contributed by atoms with Crippen LogP contribution in [-0.2, 0) is 11.0 Å². The molecule has 6 heteroatoms. The van der Waals surface area contributed by atoms with E-state index in [1.54, 1.807) is 0 Å². The minimum atomic E-state index is -1.21. The van der Waals surface area contributed by atoms with E-state index in [1.165, 1.54) is 11.8 Å². The fourth-order valence-electron chi connectivity index (χ4n) is 2.54. The number of aryl methyl sites for hydroxylation is 1. The minimum absolute atomic E-state index is 0.00583. The van der Waals surface area contributed by atoms with Gasteiger partial charge in [-0.25, -0.2) is 8.93 Å². The first-order valence-electron chi connectivity index (χ1n) is 8.45. The second kappa shape index (κ2) is 7.64. The lowest BCUT2D eigenvalue weighted by molar-refractivity contribution is 0.486. The molecule has 0 fully saturated rings. The van der Waals surface area contributed by atoms with Crippen LogP contribution >= 0.6 is 11.8 Å². The summed E-state index contributed by atoms with van der Waals surface area (Å²) in [7, 11) is -1.21. The number of hydrogen-bond acceptors (Lipinski definition) is 4. The molecule has 0 radical (unpaired) electrons. The maximum absolute atomic E-state index is 12.8. The van der Waals surface area contributed by atoms with Crippen LogP contribution in [0.5, 0.6) is 0 Å². The minimum Gasteiger partial charge on any atom is -0.449 e. The Balaban J connectivity index is 2.63. The van der Waals surface area contributed by atoms with Gasteiger partial charge in [-0.2, -0.15) is 0 Å². The molecule has 0 saturated heterocycles. The van der Waals surface area contributed by atoms with Crippen molar-refractivity contribution < 1.29 is 8.63 Å². The standard InChI is InChI=1S/C19H27NO3S2/c1-8-24-18-12(3)16(21)15-10-11(2)9-14(17(15)23-18)13(4)20-25(22)19(5,6)7/h9-10,13,20H,8H2,1-7H3/t13-,25+/m0/s1. The Morgan fingerprint density at radius 3 is 2.48 bits per heavy atom. The largest absolute Gasteiger partial charge is 0.449 e. The first kappa shape index (κ1) is 20.2. The molecule has 25 heavy (non-hydrogen) atoms. The van der Waals surface area contributed by atoms with E-state index in [9.17, 15) is 9.00 Å². The molecule has 2 rings (SSSR count). The van der Waals surface area contributed by atoms with Crippen LogP contribution in [-0.4, -0.2) is 14.7 Å². The van der Waals surface area contributed by atoms with E-state index < -0.39 is 11.0 Å². The van der Waals surface area contributed by atoms with Gasteiger partial charge in [-0.1, -0.05) is 24.8 Å². The highest BCUT2D eigenvalue weighted by Crippen LogP contribution is 2.30. The first-order chi connectivity index (χ1) is 11.6. The molecule has 0 aliphatic rings. The third-order valence-corrected chi connectivity index (χ3v) is 6.55. The van der Waals surface area contributed by atoms with Crippen molar-refractivity contribution >= 4 is 33.7 Å². The fourth-order valence-corrected chi connectivity index (χ4v) is 4.05. The third kappa shape index (κ3) is 4.36. The van der Waals surface area contributed by atoms with E-state index in [1.807, 2.05) is 60.6 Å². The summed E-state index contributed by atoms with van der Waals surface area (Å²) in [4.78, 5) is 12.8. The molecule has 1 heterocycles. The number of fused-ring (bicyclic) bond motifs is 1. The third-order valence-electron chi connectivity index (χ3n) is 3.93. The Kier molecular flexibility index (Phi) is 6.17. The van der Waals surface area contributed by atoms with Gasteiger partial charge >= 0.3 is 0 Å². The van der Waals surface area contributed by atoms with Gasteiger partial charge in [0, 0.05) is 17.2 Å². The number of hydrogen-bond donors (Lipinski definition) is 1. The number of nitrogens with one attached hydrogen (secondary N) is 1. The molecule has 0 aliphatic heterocycles. The molecule has 0 amide bonds. The van der Waals surface area contributed by atoms with Crippen LogP contribution in [0.4, 0.5) is 0 Å². The van der Waals surface area contributed by atoms with E-state index in [-0.39, 0.29) is 16.2 Å². The topological polar surface area (TPSA) is 59.3 Å². The lowest BCUT2D eigenvalue weighted by atomic mass is 10.0. The summed E-state index contributed by atoms with van der Waals surface area (Å²) in [5.74, 6) is 0.832. The van der Waals surface area contributed by atoms with E-state index in [0.29, 0.717) is 21.6 Å². The molecule has 2 atom stereocenters. The number of thioether (sulfide) groups is 1. The first-order valence-corrected chi connectivity index (χ1v) is 10.6. The van der Waals surface area contributed by atoms with Crippen LogP contribution in [0.25, 0.3) is 11.0 Å². The average Bonchev–Trinajstić information content (AvgIpc) is 2.51. The molecule has 4 nitrogen and oxygen atoms in total. The van der Waals surface area contributed by atoms with E-state index in [0.717, 1.165) is 16.9 Å². The van der Waals surface area contributed by atoms with Crippen molar-refractivity contribution in [1.29, 1.82) is 0 Å². The molecule has 0 unspecified atom stereocenters. The summed E-state index contributed by atoms with van der Waals surface area (Å²) in [5, 5.41) is 1.25. The highest BCUT2D eigenvalue weighted by molar-refractivity contribution is 7.99. The smallest absolute Gasteiger partial charge is 0.196 e. The lowest BCUT2D eigenvalue weighted by Crippen LogP contribution is -2.35. The summed E-state index contributed by atoms with van der Waals surface area (Å²) in [6.07, 6.45) is 0. The molecule has 0 aliphatic carbocycles. The second-order valence-corrected chi connectivity index (χ2v) is 10.5. The number of benzene rings is 1. The summed E-state index contributed by atoms with van der Waals surface area (Å²) >= 11 is 1.53. The van der Waals surface area contributed by atoms with Crippen molar-refractivity contribution in [1.82, 2.24) is 4.72 Å². The van der Waals surface area contributed by atoms with Crippen molar-refractivity contribution in [2.24, 2.45) is 0 Å². The predicted octanol–water partition coefficient (Wildman–Crippen LogP) is 4.63. The van der Waals surface area contributed by atoms with Gasteiger partial charge in [-0.15, -0.1) is 0 Å². The molecule has 0 saturated carbocycles. The van der Waals surface area contributed by atoms with Gasteiger partial charge in [0.05, 0.1) is 21.1 Å². The van der Waals surface area contributed by atoms with Crippen LogP contribution in [0.2, 0.25) is 0 Å². The highest BCUT2D eigenvalue weighted by Gasteiger charge is 2.24. The summed E-state index contributed by atoms with van der Waals surface area (Å²) in [6.45, 7) is 13.5. The zero-order chi connectivity index (χ0) is 18.9. The molecular weight excluding hydrogens is 354 g/mol. The van der Waals surface area contributed by atoms with Crippen molar-refractivity contribution in [2.75, 3.05) is 5.75 Å². The Labute approximate surface area is 156 Å². The van der Waals surface area contributed by atoms with Gasteiger partial charge in [0.1, 0.15) is 5.58 Å². The predicted molar refractivity (Wildman–Crippen MR) is 108 cm³/mol. The normalized spacial score (nSPS) is 14.7. The average molecular weight is 382 g/mol. The zero-order valence-electron chi connectivity index (χ0n) is 16.0. The van der Waals surface area contributed by atoms with Crippen LogP contribution in [0.3, 0.4) is 0 Å². The Morgan fingerprint density at radius 2 is 1.92 bits per heavy atom. The van der Waals surface area contributed by atoms with Crippen molar-refractivity contribution in [2.45, 2.75) is 64.3 Å². The fraction of sp³-hybridized carbons (Fsp3) is 0.526. The zero-order valence-corrected chi connectivity index (χ0v) is 17.6. The van der Waals surface area contributed by atoms with Gasteiger partial charge in [0.25, 0.3) is 0 Å². The Hall–Kier alpha value is -1.11. The van der Waals surface area contributed by atoms with Gasteiger partial charge in [-0.05, 0) is 58.9 Å². The van der Waals surface area contributed by atoms with E-state index >= 15 is 0 Å². The Morgan fingerprint density at radius 1 is 1.28 bits per heavy atom. The molecular formula is C19H27NO3S2. The van der Waals surface area contributed by atoms with Crippen LogP contribution in [0.1, 0.15) is 57.4 Å². The second-order valence-electron chi connectivity index (χ2n) is 7.23. The van der Waals surface area contributed by atoms with Gasteiger partial charge in [-0.3, -0.25) is 4.79 Å². The Bertz CT molecular complexity index is 866. The maximum Gasteiger partial charge on any atom is 0.196 e. The molecule has 0 bridgehead atoms. The number of rotatable bonds is 5. The molecule has 1 N–H and O–H groups in total. The maximum atomic E-state index is 12.8. The van der Waals surface area contributed by atoms with Crippen molar-refractivity contribution in [3.05, 3.63) is 39.0 Å². The van der Waals surface area contributed by atoms with E-state index in [2.05, 4.69) is 4.72 Å². The quantitative estimate of drug-likeness (QED) is 0.767. The molecule has 138 valence electrons. The molecule has 1 aromatic heterocycles. The van der Waals surface area contributed by atoms with Crippen molar-refractivity contribution in [3.63, 3.8) is 0 Å². The van der Waals surface area contributed by atoms with E-state index in [4.69, 9.17) is 4.42 Å². The van der Waals surface area contributed by atoms with Crippen molar-refractivity contribution in [3.8, 4) is 0 Å². The van der Waals surface area contributed by atoms with Gasteiger partial charge < -0.3 is 4.42 Å². The van der Waals surface area contributed by atoms with Crippen LogP contribution < -0.4 is 10.2 Å². The molecule has 2 aromatic rings. The SMILES string of the molecule is CCSc1oc2c([C@H](C)N[S@](=O)C(C)(C)C)cc(C)cc2c(=O)c1C.